The molecule has 0 saturated heterocycles. The Labute approximate surface area is 193 Å². The number of alkyl halides is 3. The van der Waals surface area contributed by atoms with Gasteiger partial charge in [-0.05, 0) is 72.1 Å². The maximum Gasteiger partial charge on any atom is 0.416 e. The van der Waals surface area contributed by atoms with Crippen molar-refractivity contribution in [3.05, 3.63) is 94.0 Å². The largest absolute Gasteiger partial charge is 0.416 e. The van der Waals surface area contributed by atoms with Gasteiger partial charge in [-0.3, -0.25) is 4.79 Å². The van der Waals surface area contributed by atoms with Gasteiger partial charge in [-0.2, -0.15) is 17.5 Å². The summed E-state index contributed by atoms with van der Waals surface area (Å²) in [5.74, 6) is -0.692. The van der Waals surface area contributed by atoms with E-state index in [4.69, 9.17) is 11.6 Å². The maximum atomic E-state index is 13.0. The minimum atomic E-state index is -4.55. The number of fused-ring (bicyclic) bond motifs is 1. The predicted octanol–water partition coefficient (Wildman–Crippen LogP) is 5.36. The van der Waals surface area contributed by atoms with Crippen LogP contribution in [0.15, 0.2) is 71.6 Å². The molecule has 0 saturated carbocycles. The molecule has 3 aromatic carbocycles. The first-order valence-corrected chi connectivity index (χ1v) is 11.7. The van der Waals surface area contributed by atoms with Gasteiger partial charge in [0.05, 0.1) is 10.5 Å². The van der Waals surface area contributed by atoms with Crippen molar-refractivity contribution < 1.29 is 26.4 Å². The standard InChI is InChI=1S/C23H18ClF3N2O3S/c24-19-5-8-21(9-6-19)33(31,32)29-11-10-15-4-7-20(13-17(15)14-29)28-22(30)16-2-1-3-18(12-16)23(25,26)27/h1-9,12-13H,10-11,14H2,(H,28,30). The van der Waals surface area contributed by atoms with Gasteiger partial charge in [0.15, 0.2) is 0 Å². The van der Waals surface area contributed by atoms with E-state index in [0.29, 0.717) is 29.2 Å². The van der Waals surface area contributed by atoms with E-state index < -0.39 is 27.7 Å². The minimum Gasteiger partial charge on any atom is -0.322 e. The lowest BCUT2D eigenvalue weighted by Crippen LogP contribution is -2.36. The third kappa shape index (κ3) is 5.05. The summed E-state index contributed by atoms with van der Waals surface area (Å²) in [5, 5.41) is 3.02. The van der Waals surface area contributed by atoms with Gasteiger partial charge in [0.25, 0.3) is 5.91 Å². The number of halogens is 4. The summed E-state index contributed by atoms with van der Waals surface area (Å²) < 4.78 is 66.1. The number of hydrogen-bond donors (Lipinski definition) is 1. The second-order valence-electron chi connectivity index (χ2n) is 7.56. The van der Waals surface area contributed by atoms with Crippen LogP contribution in [0.2, 0.25) is 5.02 Å². The third-order valence-corrected chi connectivity index (χ3v) is 7.46. The Bertz CT molecular complexity index is 1310. The SMILES string of the molecule is O=C(Nc1ccc2c(c1)CN(S(=O)(=O)c1ccc(Cl)cc1)CC2)c1cccc(C(F)(F)F)c1. The van der Waals surface area contributed by atoms with Crippen molar-refractivity contribution in [2.45, 2.75) is 24.0 Å². The van der Waals surface area contributed by atoms with Crippen molar-refractivity contribution in [1.82, 2.24) is 4.31 Å². The fourth-order valence-electron chi connectivity index (χ4n) is 3.61. The Hall–Kier alpha value is -2.88. The Morgan fingerprint density at radius 3 is 2.39 bits per heavy atom. The van der Waals surface area contributed by atoms with Gasteiger partial charge < -0.3 is 5.32 Å². The lowest BCUT2D eigenvalue weighted by atomic mass is 10.0. The molecule has 172 valence electrons. The van der Waals surface area contributed by atoms with E-state index in [1.54, 1.807) is 18.2 Å². The van der Waals surface area contributed by atoms with E-state index in [0.717, 1.165) is 17.7 Å². The van der Waals surface area contributed by atoms with Gasteiger partial charge in [-0.1, -0.05) is 23.7 Å². The Morgan fingerprint density at radius 1 is 0.970 bits per heavy atom. The summed E-state index contributed by atoms with van der Waals surface area (Å²) in [6, 6.07) is 15.1. The lowest BCUT2D eigenvalue weighted by molar-refractivity contribution is -0.137. The zero-order valence-electron chi connectivity index (χ0n) is 17.1. The van der Waals surface area contributed by atoms with E-state index in [2.05, 4.69) is 5.32 Å². The molecular formula is C23H18ClF3N2O3S. The van der Waals surface area contributed by atoms with Crippen molar-refractivity contribution in [2.24, 2.45) is 0 Å². The Morgan fingerprint density at radius 2 is 1.70 bits per heavy atom. The molecule has 33 heavy (non-hydrogen) atoms. The summed E-state index contributed by atoms with van der Waals surface area (Å²) in [6.07, 6.45) is -4.06. The number of rotatable bonds is 4. The van der Waals surface area contributed by atoms with E-state index in [9.17, 15) is 26.4 Å². The van der Waals surface area contributed by atoms with Crippen LogP contribution in [0.5, 0.6) is 0 Å². The Balaban J connectivity index is 1.53. The monoisotopic (exact) mass is 494 g/mol. The predicted molar refractivity (Wildman–Crippen MR) is 119 cm³/mol. The first kappa shape index (κ1) is 23.3. The van der Waals surface area contributed by atoms with E-state index >= 15 is 0 Å². The van der Waals surface area contributed by atoms with Crippen molar-refractivity contribution in [3.63, 3.8) is 0 Å². The number of benzene rings is 3. The molecular weight excluding hydrogens is 477 g/mol. The second-order valence-corrected chi connectivity index (χ2v) is 9.93. The van der Waals surface area contributed by atoms with Crippen LogP contribution in [-0.2, 0) is 29.2 Å². The summed E-state index contributed by atoms with van der Waals surface area (Å²) in [7, 11) is -3.74. The van der Waals surface area contributed by atoms with Crippen LogP contribution in [0.4, 0.5) is 18.9 Å². The van der Waals surface area contributed by atoms with Crippen LogP contribution in [0.1, 0.15) is 27.0 Å². The molecule has 0 bridgehead atoms. The molecule has 0 fully saturated rings. The molecule has 0 aromatic heterocycles. The van der Waals surface area contributed by atoms with Gasteiger partial charge >= 0.3 is 6.18 Å². The molecule has 10 heteroatoms. The number of nitrogens with zero attached hydrogens (tertiary/aromatic N) is 1. The summed E-state index contributed by atoms with van der Waals surface area (Å²) >= 11 is 5.85. The number of carbonyl (C=O) groups is 1. The highest BCUT2D eigenvalue weighted by Crippen LogP contribution is 2.30. The molecule has 0 atom stereocenters. The highest BCUT2D eigenvalue weighted by Gasteiger charge is 2.31. The molecule has 0 radical (unpaired) electrons. The van der Waals surface area contributed by atoms with Gasteiger partial charge in [0, 0.05) is 29.4 Å². The van der Waals surface area contributed by atoms with Crippen LogP contribution in [0.3, 0.4) is 0 Å². The van der Waals surface area contributed by atoms with E-state index in [1.807, 2.05) is 0 Å². The lowest BCUT2D eigenvalue weighted by Gasteiger charge is -2.28. The molecule has 1 N–H and O–H groups in total. The number of carbonyl (C=O) groups excluding carboxylic acids is 1. The average Bonchev–Trinajstić information content (AvgIpc) is 2.78. The highest BCUT2D eigenvalue weighted by atomic mass is 35.5. The van der Waals surface area contributed by atoms with Gasteiger partial charge in [0.2, 0.25) is 10.0 Å². The van der Waals surface area contributed by atoms with Gasteiger partial charge in [-0.25, -0.2) is 8.42 Å². The fourth-order valence-corrected chi connectivity index (χ4v) is 5.15. The van der Waals surface area contributed by atoms with Crippen molar-refractivity contribution >= 4 is 33.2 Å². The van der Waals surface area contributed by atoms with E-state index in [-0.39, 0.29) is 17.0 Å². The number of anilines is 1. The van der Waals surface area contributed by atoms with Crippen molar-refractivity contribution in [2.75, 3.05) is 11.9 Å². The normalized spacial score (nSPS) is 14.5. The molecule has 1 heterocycles. The molecule has 1 aliphatic heterocycles. The van der Waals surface area contributed by atoms with Gasteiger partial charge in [0.1, 0.15) is 0 Å². The topological polar surface area (TPSA) is 66.5 Å². The first-order valence-electron chi connectivity index (χ1n) is 9.90. The van der Waals surface area contributed by atoms with E-state index in [1.165, 1.54) is 40.7 Å². The van der Waals surface area contributed by atoms with Crippen molar-refractivity contribution in [1.29, 1.82) is 0 Å². The molecule has 0 unspecified atom stereocenters. The van der Waals surface area contributed by atoms with Crippen molar-refractivity contribution in [3.8, 4) is 0 Å². The van der Waals surface area contributed by atoms with Crippen LogP contribution >= 0.6 is 11.6 Å². The molecule has 0 spiro atoms. The third-order valence-electron chi connectivity index (χ3n) is 5.34. The van der Waals surface area contributed by atoms with Crippen LogP contribution < -0.4 is 5.32 Å². The number of sulfonamides is 1. The van der Waals surface area contributed by atoms with Gasteiger partial charge in [-0.15, -0.1) is 0 Å². The average molecular weight is 495 g/mol. The molecule has 1 aliphatic rings. The number of nitrogens with one attached hydrogen (secondary N) is 1. The molecule has 5 nitrogen and oxygen atoms in total. The van der Waals surface area contributed by atoms with Crippen LogP contribution in [-0.4, -0.2) is 25.2 Å². The Kier molecular flexibility index (Phi) is 6.22. The minimum absolute atomic E-state index is 0.105. The number of amides is 1. The fraction of sp³-hybridized carbons (Fsp3) is 0.174. The summed E-state index contributed by atoms with van der Waals surface area (Å²) in [4.78, 5) is 12.6. The quantitative estimate of drug-likeness (QED) is 0.531. The zero-order valence-corrected chi connectivity index (χ0v) is 18.6. The first-order chi connectivity index (χ1) is 15.5. The van der Waals surface area contributed by atoms with Crippen LogP contribution in [0.25, 0.3) is 0 Å². The molecule has 4 rings (SSSR count). The molecule has 3 aromatic rings. The zero-order chi connectivity index (χ0) is 23.8. The van der Waals surface area contributed by atoms with Crippen LogP contribution in [0, 0.1) is 0 Å². The summed E-state index contributed by atoms with van der Waals surface area (Å²) in [5.41, 5.74) is 0.968. The molecule has 0 aliphatic carbocycles. The second kappa shape index (κ2) is 8.81. The summed E-state index contributed by atoms with van der Waals surface area (Å²) in [6.45, 7) is 0.404. The highest BCUT2D eigenvalue weighted by molar-refractivity contribution is 7.89. The maximum absolute atomic E-state index is 13.0. The number of hydrogen-bond acceptors (Lipinski definition) is 3. The smallest absolute Gasteiger partial charge is 0.322 e. The molecule has 1 amide bonds.